The van der Waals surface area contributed by atoms with Crippen LogP contribution in [0.15, 0.2) is 59.4 Å². The Kier molecular flexibility index (Phi) is 7.35. The van der Waals surface area contributed by atoms with Crippen molar-refractivity contribution >= 4 is 17.0 Å². The predicted octanol–water partition coefficient (Wildman–Crippen LogP) is 3.88. The molecule has 2 aromatic heterocycles. The lowest BCUT2D eigenvalue weighted by Crippen LogP contribution is -2.41. The molecule has 1 aliphatic heterocycles. The van der Waals surface area contributed by atoms with Crippen LogP contribution in [0.2, 0.25) is 0 Å². The molecule has 1 saturated heterocycles. The van der Waals surface area contributed by atoms with E-state index in [0.717, 1.165) is 60.6 Å². The molecule has 31 heavy (non-hydrogen) atoms. The smallest absolute Gasteiger partial charge is 0.126 e. The third-order valence-corrected chi connectivity index (χ3v) is 5.90. The molecule has 1 aromatic carbocycles. The topological polar surface area (TPSA) is 70.8 Å². The number of furan rings is 1. The third kappa shape index (κ3) is 5.73. The van der Waals surface area contributed by atoms with Crippen molar-refractivity contribution < 1.29 is 14.3 Å². The van der Waals surface area contributed by atoms with Crippen LogP contribution < -0.4 is 10.1 Å². The van der Waals surface area contributed by atoms with E-state index in [0.29, 0.717) is 12.5 Å². The molecular weight excluding hydrogens is 390 g/mol. The molecule has 3 heterocycles. The summed E-state index contributed by atoms with van der Waals surface area (Å²) in [6.07, 6.45) is 9.36. The van der Waals surface area contributed by atoms with Gasteiger partial charge in [0.05, 0.1) is 25.0 Å². The molecule has 6 heteroatoms. The van der Waals surface area contributed by atoms with Crippen LogP contribution in [0, 0.1) is 5.92 Å². The number of aromatic nitrogens is 1. The molecule has 0 saturated carbocycles. The zero-order valence-electron chi connectivity index (χ0n) is 18.0. The fourth-order valence-electron chi connectivity index (χ4n) is 4.32. The summed E-state index contributed by atoms with van der Waals surface area (Å²) in [4.78, 5) is 6.80. The highest BCUT2D eigenvalue weighted by atomic mass is 16.5. The number of benzene rings is 1. The zero-order chi connectivity index (χ0) is 21.5. The lowest BCUT2D eigenvalue weighted by molar-refractivity contribution is 0.0851. The van der Waals surface area contributed by atoms with Crippen LogP contribution in [0.1, 0.15) is 30.3 Å². The number of hydrogen-bond acceptors (Lipinski definition) is 6. The normalized spacial score (nSPS) is 18.6. The maximum atomic E-state index is 11.0. The number of pyridine rings is 1. The van der Waals surface area contributed by atoms with E-state index in [1.54, 1.807) is 19.6 Å². The monoisotopic (exact) mass is 421 g/mol. The van der Waals surface area contributed by atoms with Crippen molar-refractivity contribution in [3.63, 3.8) is 0 Å². The molecule has 2 N–H and O–H groups in total. The second kappa shape index (κ2) is 10.6. The first kappa shape index (κ1) is 21.6. The zero-order valence-corrected chi connectivity index (χ0v) is 18.0. The summed E-state index contributed by atoms with van der Waals surface area (Å²) in [5.41, 5.74) is 1.79. The van der Waals surface area contributed by atoms with Gasteiger partial charge in [0.25, 0.3) is 0 Å². The molecule has 1 aliphatic rings. The number of β-amino-alcohol motifs (C(OH)–C–C–N with tert-alkyl or cyclic N) is 1. The number of ether oxygens (including phenoxy) is 1. The molecule has 0 radical (unpaired) electrons. The first-order valence-corrected chi connectivity index (χ1v) is 11.0. The van der Waals surface area contributed by atoms with Gasteiger partial charge in [-0.05, 0) is 79.9 Å². The van der Waals surface area contributed by atoms with Gasteiger partial charge in [-0.3, -0.25) is 4.98 Å². The van der Waals surface area contributed by atoms with E-state index in [9.17, 15) is 5.11 Å². The molecular formula is C25H31N3O3. The van der Waals surface area contributed by atoms with Crippen LogP contribution in [0.3, 0.4) is 0 Å². The van der Waals surface area contributed by atoms with Gasteiger partial charge in [-0.15, -0.1) is 0 Å². The number of hydrogen-bond donors (Lipinski definition) is 2. The number of nitrogens with one attached hydrogen (secondary N) is 1. The van der Waals surface area contributed by atoms with Gasteiger partial charge in [0.1, 0.15) is 11.5 Å². The highest BCUT2D eigenvalue weighted by molar-refractivity contribution is 5.83. The Bertz CT molecular complexity index is 987. The summed E-state index contributed by atoms with van der Waals surface area (Å²) in [6.45, 7) is 4.46. The summed E-state index contributed by atoms with van der Waals surface area (Å²) < 4.78 is 10.7. The Labute approximate surface area is 183 Å². The molecule has 164 valence electrons. The van der Waals surface area contributed by atoms with Crippen molar-refractivity contribution in [2.24, 2.45) is 5.92 Å². The fraction of sp³-hybridized carbons (Fsp3) is 0.400. The van der Waals surface area contributed by atoms with Gasteiger partial charge in [-0.1, -0.05) is 6.08 Å². The average Bonchev–Trinajstić information content (AvgIpc) is 3.32. The van der Waals surface area contributed by atoms with Crippen LogP contribution in [0.5, 0.6) is 5.75 Å². The maximum absolute atomic E-state index is 11.0. The van der Waals surface area contributed by atoms with E-state index in [1.807, 2.05) is 42.5 Å². The van der Waals surface area contributed by atoms with Crippen molar-refractivity contribution in [2.45, 2.75) is 18.9 Å². The number of aliphatic hydroxyl groups is 1. The van der Waals surface area contributed by atoms with E-state index < -0.39 is 6.10 Å². The lowest BCUT2D eigenvalue weighted by atomic mass is 9.96. The summed E-state index contributed by atoms with van der Waals surface area (Å²) in [5, 5.41) is 15.5. The third-order valence-electron chi connectivity index (χ3n) is 5.90. The van der Waals surface area contributed by atoms with E-state index >= 15 is 0 Å². The average molecular weight is 422 g/mol. The molecule has 0 spiro atoms. The summed E-state index contributed by atoms with van der Waals surface area (Å²) in [6, 6.07) is 11.6. The van der Waals surface area contributed by atoms with Crippen molar-refractivity contribution in [2.75, 3.05) is 39.8 Å². The number of methoxy groups -OCH3 is 1. The molecule has 3 aromatic rings. The summed E-state index contributed by atoms with van der Waals surface area (Å²) in [5.74, 6) is 2.24. The minimum atomic E-state index is -0.555. The summed E-state index contributed by atoms with van der Waals surface area (Å²) in [7, 11) is 1.66. The second-order valence-corrected chi connectivity index (χ2v) is 8.14. The van der Waals surface area contributed by atoms with Gasteiger partial charge < -0.3 is 24.5 Å². The Morgan fingerprint density at radius 1 is 1.35 bits per heavy atom. The van der Waals surface area contributed by atoms with E-state index in [4.69, 9.17) is 9.15 Å². The fourth-order valence-corrected chi connectivity index (χ4v) is 4.32. The van der Waals surface area contributed by atoms with Gasteiger partial charge in [0.15, 0.2) is 0 Å². The van der Waals surface area contributed by atoms with Gasteiger partial charge in [-0.25, -0.2) is 0 Å². The molecule has 2 unspecified atom stereocenters. The molecule has 6 nitrogen and oxygen atoms in total. The summed E-state index contributed by atoms with van der Waals surface area (Å²) >= 11 is 0. The van der Waals surface area contributed by atoms with E-state index in [2.05, 4.69) is 21.3 Å². The number of likely N-dealkylation sites (tertiary alicyclic amines) is 1. The number of aliphatic hydroxyl groups excluding tert-OH is 1. The molecule has 4 rings (SSSR count). The SMILES string of the molecule is COc1ccc2nccc(C(O)CN3CCCC(CNC/C=C/c4ccco4)C3)c2c1. The molecule has 0 aliphatic carbocycles. The second-order valence-electron chi connectivity index (χ2n) is 8.14. The highest BCUT2D eigenvalue weighted by Crippen LogP contribution is 2.28. The minimum absolute atomic E-state index is 0.555. The first-order valence-electron chi connectivity index (χ1n) is 11.0. The number of rotatable bonds is 9. The van der Waals surface area contributed by atoms with Gasteiger partial charge in [-0.2, -0.15) is 0 Å². The highest BCUT2D eigenvalue weighted by Gasteiger charge is 2.23. The molecule has 1 fully saturated rings. The largest absolute Gasteiger partial charge is 0.497 e. The van der Waals surface area contributed by atoms with E-state index in [-0.39, 0.29) is 0 Å². The first-order chi connectivity index (χ1) is 15.2. The van der Waals surface area contributed by atoms with Gasteiger partial charge >= 0.3 is 0 Å². The minimum Gasteiger partial charge on any atom is -0.497 e. The number of nitrogens with zero attached hydrogens (tertiary/aromatic N) is 2. The standard InChI is InChI=1S/C25H31N3O3/c1-30-21-8-9-24-23(15-21)22(10-12-27-24)25(29)18-28-13-3-5-19(17-28)16-26-11-2-6-20-7-4-14-31-20/h2,4,6-10,12,14-15,19,25-26,29H,3,5,11,13,16-18H2,1H3/b6-2+. The van der Waals surface area contributed by atoms with Crippen LogP contribution in [0.25, 0.3) is 17.0 Å². The maximum Gasteiger partial charge on any atom is 0.126 e. The van der Waals surface area contributed by atoms with Gasteiger partial charge in [0, 0.05) is 31.2 Å². The van der Waals surface area contributed by atoms with Crippen LogP contribution in [0.4, 0.5) is 0 Å². The molecule has 0 bridgehead atoms. The van der Waals surface area contributed by atoms with Gasteiger partial charge in [0.2, 0.25) is 0 Å². The quantitative estimate of drug-likeness (QED) is 0.511. The van der Waals surface area contributed by atoms with E-state index in [1.165, 1.54) is 6.42 Å². The number of piperidine rings is 1. The van der Waals surface area contributed by atoms with Crippen molar-refractivity contribution in [1.29, 1.82) is 0 Å². The van der Waals surface area contributed by atoms with Crippen molar-refractivity contribution in [1.82, 2.24) is 15.2 Å². The Hall–Kier alpha value is -2.67. The Morgan fingerprint density at radius 3 is 3.13 bits per heavy atom. The Balaban J connectivity index is 1.30. The van der Waals surface area contributed by atoms with Crippen molar-refractivity contribution in [3.05, 3.63) is 66.3 Å². The van der Waals surface area contributed by atoms with Crippen LogP contribution in [-0.2, 0) is 0 Å². The molecule has 0 amide bonds. The Morgan fingerprint density at radius 2 is 2.29 bits per heavy atom. The van der Waals surface area contributed by atoms with Crippen LogP contribution >= 0.6 is 0 Å². The van der Waals surface area contributed by atoms with Crippen molar-refractivity contribution in [3.8, 4) is 5.75 Å². The molecule has 2 atom stereocenters. The predicted molar refractivity (Wildman–Crippen MR) is 123 cm³/mol. The van der Waals surface area contributed by atoms with Crippen LogP contribution in [-0.4, -0.2) is 54.8 Å². The number of fused-ring (bicyclic) bond motifs is 1. The lowest BCUT2D eigenvalue weighted by Gasteiger charge is -2.34.